The van der Waals surface area contributed by atoms with Crippen LogP contribution in [0.25, 0.3) is 0 Å². The summed E-state index contributed by atoms with van der Waals surface area (Å²) < 4.78 is 28.4. The molecule has 2 saturated heterocycles. The Bertz CT molecular complexity index is 582. The maximum Gasteiger partial charge on any atom is 0.150 e. The van der Waals surface area contributed by atoms with Gasteiger partial charge in [-0.2, -0.15) is 0 Å². The molecule has 2 unspecified atom stereocenters. The minimum Gasteiger partial charge on any atom is -0.497 e. The molecule has 2 heterocycles. The summed E-state index contributed by atoms with van der Waals surface area (Å²) in [4.78, 5) is 2.47. The molecule has 0 aromatic heterocycles. The average Bonchev–Trinajstić information content (AvgIpc) is 3.06. The van der Waals surface area contributed by atoms with Crippen LogP contribution in [0.15, 0.2) is 24.3 Å². The predicted molar refractivity (Wildman–Crippen MR) is 83.3 cm³/mol. The fourth-order valence-electron chi connectivity index (χ4n) is 3.60. The van der Waals surface area contributed by atoms with Crippen LogP contribution in [-0.4, -0.2) is 45.0 Å². The SMILES string of the molecule is COc1ccc(C2CCCN2CC2CCS(=O)(=O)C2)cc1. The van der Waals surface area contributed by atoms with Crippen LogP contribution in [0.2, 0.25) is 0 Å². The van der Waals surface area contributed by atoms with Gasteiger partial charge in [0.1, 0.15) is 5.75 Å². The predicted octanol–water partition coefficient (Wildman–Crippen LogP) is 2.27. The second-order valence-corrected chi connectivity index (χ2v) is 8.42. The van der Waals surface area contributed by atoms with Gasteiger partial charge in [0.15, 0.2) is 9.84 Å². The Balaban J connectivity index is 1.67. The molecule has 2 fully saturated rings. The van der Waals surface area contributed by atoms with Gasteiger partial charge in [0, 0.05) is 12.6 Å². The lowest BCUT2D eigenvalue weighted by atomic mass is 10.0. The van der Waals surface area contributed by atoms with Crippen LogP contribution >= 0.6 is 0 Å². The van der Waals surface area contributed by atoms with Crippen molar-refractivity contribution in [3.63, 3.8) is 0 Å². The van der Waals surface area contributed by atoms with Gasteiger partial charge in [0.05, 0.1) is 18.6 Å². The van der Waals surface area contributed by atoms with Crippen molar-refractivity contribution in [3.05, 3.63) is 29.8 Å². The van der Waals surface area contributed by atoms with E-state index in [1.807, 2.05) is 12.1 Å². The van der Waals surface area contributed by atoms with Crippen molar-refractivity contribution in [1.29, 1.82) is 0 Å². The van der Waals surface area contributed by atoms with E-state index in [2.05, 4.69) is 17.0 Å². The number of benzene rings is 1. The standard InChI is InChI=1S/C16H23NO3S/c1-20-15-6-4-14(5-7-15)16-3-2-9-17(16)11-13-8-10-21(18,19)12-13/h4-7,13,16H,2-3,8-12H2,1H3. The summed E-state index contributed by atoms with van der Waals surface area (Å²) in [6.45, 7) is 1.99. The summed E-state index contributed by atoms with van der Waals surface area (Å²) in [5, 5.41) is 0. The van der Waals surface area contributed by atoms with Crippen LogP contribution in [0.4, 0.5) is 0 Å². The van der Waals surface area contributed by atoms with Crippen molar-refractivity contribution in [2.75, 3.05) is 31.7 Å². The molecular formula is C16H23NO3S. The zero-order valence-corrected chi connectivity index (χ0v) is 13.3. The van der Waals surface area contributed by atoms with Gasteiger partial charge in [-0.25, -0.2) is 8.42 Å². The lowest BCUT2D eigenvalue weighted by Gasteiger charge is -2.27. The maximum atomic E-state index is 11.6. The molecule has 21 heavy (non-hydrogen) atoms. The molecule has 1 aromatic rings. The minimum absolute atomic E-state index is 0.314. The highest BCUT2D eigenvalue weighted by Gasteiger charge is 2.33. The minimum atomic E-state index is -2.77. The molecule has 2 atom stereocenters. The smallest absolute Gasteiger partial charge is 0.150 e. The third kappa shape index (κ3) is 3.40. The molecule has 2 aliphatic heterocycles. The molecule has 0 radical (unpaired) electrons. The molecular weight excluding hydrogens is 286 g/mol. The summed E-state index contributed by atoms with van der Waals surface area (Å²) >= 11 is 0. The van der Waals surface area contributed by atoms with Gasteiger partial charge in [-0.05, 0) is 49.4 Å². The van der Waals surface area contributed by atoms with Crippen molar-refractivity contribution >= 4 is 9.84 Å². The molecule has 1 aromatic carbocycles. The Morgan fingerprint density at radius 2 is 2.00 bits per heavy atom. The zero-order valence-electron chi connectivity index (χ0n) is 12.5. The summed E-state index contributed by atoms with van der Waals surface area (Å²) in [5.74, 6) is 1.94. The van der Waals surface area contributed by atoms with Crippen LogP contribution in [0, 0.1) is 5.92 Å². The first-order chi connectivity index (χ1) is 10.1. The fourth-order valence-corrected chi connectivity index (χ4v) is 5.45. The Hall–Kier alpha value is -1.07. The third-order valence-corrected chi connectivity index (χ3v) is 6.52. The quantitative estimate of drug-likeness (QED) is 0.856. The van der Waals surface area contributed by atoms with Crippen molar-refractivity contribution < 1.29 is 13.2 Å². The van der Waals surface area contributed by atoms with Gasteiger partial charge in [-0.1, -0.05) is 12.1 Å². The molecule has 116 valence electrons. The van der Waals surface area contributed by atoms with Gasteiger partial charge < -0.3 is 4.74 Å². The number of hydrogen-bond acceptors (Lipinski definition) is 4. The molecule has 0 N–H and O–H groups in total. The molecule has 0 aliphatic carbocycles. The van der Waals surface area contributed by atoms with E-state index in [0.717, 1.165) is 31.7 Å². The molecule has 2 aliphatic rings. The van der Waals surface area contributed by atoms with E-state index in [9.17, 15) is 8.42 Å². The third-order valence-electron chi connectivity index (χ3n) is 4.68. The first kappa shape index (κ1) is 14.9. The lowest BCUT2D eigenvalue weighted by molar-refractivity contribution is 0.224. The molecule has 3 rings (SSSR count). The van der Waals surface area contributed by atoms with Crippen LogP contribution in [0.5, 0.6) is 5.75 Å². The van der Waals surface area contributed by atoms with Gasteiger partial charge in [0.2, 0.25) is 0 Å². The summed E-state index contributed by atoms with van der Waals surface area (Å²) in [5.41, 5.74) is 1.31. The van der Waals surface area contributed by atoms with Crippen LogP contribution in [0.1, 0.15) is 30.9 Å². The van der Waals surface area contributed by atoms with E-state index in [-0.39, 0.29) is 0 Å². The Morgan fingerprint density at radius 1 is 1.24 bits per heavy atom. The number of rotatable bonds is 4. The molecule has 0 saturated carbocycles. The van der Waals surface area contributed by atoms with Crippen LogP contribution in [-0.2, 0) is 9.84 Å². The van der Waals surface area contributed by atoms with Crippen LogP contribution in [0.3, 0.4) is 0 Å². The highest BCUT2D eigenvalue weighted by molar-refractivity contribution is 7.91. The zero-order chi connectivity index (χ0) is 14.9. The summed E-state index contributed by atoms with van der Waals surface area (Å²) in [7, 11) is -1.09. The van der Waals surface area contributed by atoms with Crippen LogP contribution < -0.4 is 4.74 Å². The first-order valence-electron chi connectivity index (χ1n) is 7.66. The van der Waals surface area contributed by atoms with Crippen molar-refractivity contribution in [2.24, 2.45) is 5.92 Å². The monoisotopic (exact) mass is 309 g/mol. The van der Waals surface area contributed by atoms with E-state index in [0.29, 0.717) is 23.5 Å². The number of sulfone groups is 1. The molecule has 0 amide bonds. The molecule has 5 heteroatoms. The number of likely N-dealkylation sites (tertiary alicyclic amines) is 1. The molecule has 0 bridgehead atoms. The van der Waals surface area contributed by atoms with E-state index in [1.165, 1.54) is 12.0 Å². The summed E-state index contributed by atoms with van der Waals surface area (Å²) in [6, 6.07) is 8.71. The van der Waals surface area contributed by atoms with Crippen molar-refractivity contribution in [1.82, 2.24) is 4.90 Å². The van der Waals surface area contributed by atoms with Gasteiger partial charge in [-0.3, -0.25) is 4.90 Å². The topological polar surface area (TPSA) is 46.6 Å². The molecule has 0 spiro atoms. The van der Waals surface area contributed by atoms with Gasteiger partial charge >= 0.3 is 0 Å². The number of methoxy groups -OCH3 is 1. The normalized spacial score (nSPS) is 28.8. The van der Waals surface area contributed by atoms with Crippen molar-refractivity contribution in [2.45, 2.75) is 25.3 Å². The Morgan fingerprint density at radius 3 is 2.62 bits per heavy atom. The highest BCUT2D eigenvalue weighted by Crippen LogP contribution is 2.34. The first-order valence-corrected chi connectivity index (χ1v) is 9.48. The van der Waals surface area contributed by atoms with E-state index in [1.54, 1.807) is 7.11 Å². The second kappa shape index (κ2) is 5.97. The summed E-state index contributed by atoms with van der Waals surface area (Å²) in [6.07, 6.45) is 3.18. The van der Waals surface area contributed by atoms with Gasteiger partial charge in [-0.15, -0.1) is 0 Å². The number of hydrogen-bond donors (Lipinski definition) is 0. The fraction of sp³-hybridized carbons (Fsp3) is 0.625. The number of ether oxygens (including phenoxy) is 1. The molecule has 4 nitrogen and oxygen atoms in total. The highest BCUT2D eigenvalue weighted by atomic mass is 32.2. The largest absolute Gasteiger partial charge is 0.497 e. The Labute approximate surface area is 127 Å². The van der Waals surface area contributed by atoms with E-state index >= 15 is 0 Å². The van der Waals surface area contributed by atoms with Gasteiger partial charge in [0.25, 0.3) is 0 Å². The van der Waals surface area contributed by atoms with E-state index in [4.69, 9.17) is 4.74 Å². The average molecular weight is 309 g/mol. The maximum absolute atomic E-state index is 11.6. The van der Waals surface area contributed by atoms with E-state index < -0.39 is 9.84 Å². The Kier molecular flexibility index (Phi) is 4.22. The number of nitrogens with zero attached hydrogens (tertiary/aromatic N) is 1. The lowest BCUT2D eigenvalue weighted by Crippen LogP contribution is -2.29. The second-order valence-electron chi connectivity index (χ2n) is 6.20. The van der Waals surface area contributed by atoms with Crippen molar-refractivity contribution in [3.8, 4) is 5.75 Å².